The first-order chi connectivity index (χ1) is 15.0. The lowest BCUT2D eigenvalue weighted by atomic mass is 10.2. The number of sulfonamides is 1. The van der Waals surface area contributed by atoms with Gasteiger partial charge < -0.3 is 5.32 Å². The molecule has 0 atom stereocenters. The predicted octanol–water partition coefficient (Wildman–Crippen LogP) is 5.61. The Kier molecular flexibility index (Phi) is 6.94. The van der Waals surface area contributed by atoms with Crippen LogP contribution in [0.5, 0.6) is 0 Å². The van der Waals surface area contributed by atoms with Crippen molar-refractivity contribution in [1.29, 1.82) is 0 Å². The lowest BCUT2D eigenvalue weighted by Crippen LogP contribution is -2.38. The molecule has 3 aromatic rings. The van der Waals surface area contributed by atoms with Gasteiger partial charge >= 0.3 is 6.18 Å². The normalized spacial score (nSPS) is 11.8. The van der Waals surface area contributed by atoms with E-state index in [0.29, 0.717) is 4.47 Å². The van der Waals surface area contributed by atoms with Crippen molar-refractivity contribution in [2.45, 2.75) is 18.0 Å². The number of anilines is 2. The van der Waals surface area contributed by atoms with E-state index in [9.17, 15) is 26.4 Å². The average molecular weight is 527 g/mol. The smallest absolute Gasteiger partial charge is 0.325 e. The number of aryl methyl sites for hydroxylation is 1. The van der Waals surface area contributed by atoms with Crippen molar-refractivity contribution in [2.75, 3.05) is 16.2 Å². The van der Waals surface area contributed by atoms with Crippen LogP contribution >= 0.6 is 15.9 Å². The van der Waals surface area contributed by atoms with Crippen LogP contribution < -0.4 is 9.62 Å². The van der Waals surface area contributed by atoms with Gasteiger partial charge in [-0.25, -0.2) is 8.42 Å². The van der Waals surface area contributed by atoms with Crippen molar-refractivity contribution in [3.8, 4) is 0 Å². The van der Waals surface area contributed by atoms with E-state index in [4.69, 9.17) is 0 Å². The number of carbonyl (C=O) groups excluding carboxylic acids is 1. The third kappa shape index (κ3) is 5.68. The summed E-state index contributed by atoms with van der Waals surface area (Å²) >= 11 is 3.29. The Balaban J connectivity index is 1.89. The lowest BCUT2D eigenvalue weighted by Gasteiger charge is -2.24. The number of hydrogen-bond donors (Lipinski definition) is 1. The third-order valence-electron chi connectivity index (χ3n) is 4.49. The summed E-state index contributed by atoms with van der Waals surface area (Å²) in [5, 5.41) is 2.44. The Morgan fingerprint density at radius 2 is 1.62 bits per heavy atom. The van der Waals surface area contributed by atoms with Gasteiger partial charge in [0.2, 0.25) is 5.91 Å². The number of nitrogens with zero attached hydrogens (tertiary/aromatic N) is 1. The van der Waals surface area contributed by atoms with Gasteiger partial charge in [-0.2, -0.15) is 13.2 Å². The molecule has 1 amide bonds. The number of halogens is 4. The van der Waals surface area contributed by atoms with E-state index in [-0.39, 0.29) is 16.3 Å². The Morgan fingerprint density at radius 3 is 2.19 bits per heavy atom. The zero-order chi connectivity index (χ0) is 23.5. The molecular formula is C22H18BrF3N2O3S. The van der Waals surface area contributed by atoms with Crippen LogP contribution in [0.1, 0.15) is 11.1 Å². The van der Waals surface area contributed by atoms with Gasteiger partial charge in [-0.3, -0.25) is 9.10 Å². The van der Waals surface area contributed by atoms with Gasteiger partial charge in [-0.05, 0) is 61.5 Å². The largest absolute Gasteiger partial charge is 0.416 e. The molecule has 5 nitrogen and oxygen atoms in total. The fourth-order valence-corrected chi connectivity index (χ4v) is 4.66. The molecule has 0 bridgehead atoms. The maximum Gasteiger partial charge on any atom is 0.416 e. The summed E-state index contributed by atoms with van der Waals surface area (Å²) in [6.45, 7) is 1.24. The Labute approximate surface area is 192 Å². The van der Waals surface area contributed by atoms with Gasteiger partial charge in [-0.1, -0.05) is 39.7 Å². The van der Waals surface area contributed by atoms with Crippen molar-refractivity contribution in [3.05, 3.63) is 88.4 Å². The van der Waals surface area contributed by atoms with E-state index in [1.54, 1.807) is 36.4 Å². The second-order valence-corrected chi connectivity index (χ2v) is 9.71. The van der Waals surface area contributed by atoms with Gasteiger partial charge in [-0.15, -0.1) is 0 Å². The van der Waals surface area contributed by atoms with Gasteiger partial charge in [0.15, 0.2) is 0 Å². The van der Waals surface area contributed by atoms with E-state index in [2.05, 4.69) is 21.2 Å². The van der Waals surface area contributed by atoms with E-state index < -0.39 is 34.2 Å². The number of rotatable bonds is 6. The minimum Gasteiger partial charge on any atom is -0.325 e. The maximum absolute atomic E-state index is 13.3. The average Bonchev–Trinajstić information content (AvgIpc) is 2.72. The molecule has 0 aliphatic heterocycles. The highest BCUT2D eigenvalue weighted by Gasteiger charge is 2.30. The molecule has 0 aromatic heterocycles. The minimum atomic E-state index is -4.50. The molecule has 0 aliphatic rings. The summed E-state index contributed by atoms with van der Waals surface area (Å²) in [4.78, 5) is 12.6. The molecule has 0 saturated carbocycles. The summed E-state index contributed by atoms with van der Waals surface area (Å²) in [6, 6.07) is 16.5. The van der Waals surface area contributed by atoms with Crippen LogP contribution in [-0.4, -0.2) is 20.9 Å². The van der Waals surface area contributed by atoms with Crippen molar-refractivity contribution >= 4 is 43.2 Å². The number of nitrogens with one attached hydrogen (secondary N) is 1. The van der Waals surface area contributed by atoms with Crippen LogP contribution in [0.25, 0.3) is 0 Å². The third-order valence-corrected chi connectivity index (χ3v) is 6.77. The Hall–Kier alpha value is -2.85. The summed E-state index contributed by atoms with van der Waals surface area (Å²) in [7, 11) is -4.10. The zero-order valence-corrected chi connectivity index (χ0v) is 19.1. The summed E-state index contributed by atoms with van der Waals surface area (Å²) in [5.41, 5.74) is 0.388. The second-order valence-electron chi connectivity index (χ2n) is 6.93. The molecule has 0 heterocycles. The van der Waals surface area contributed by atoms with Crippen molar-refractivity contribution in [3.63, 3.8) is 0 Å². The molecular weight excluding hydrogens is 509 g/mol. The number of alkyl halides is 3. The predicted molar refractivity (Wildman–Crippen MR) is 120 cm³/mol. The SMILES string of the molecule is Cc1ccc(S(=O)(=O)N(CC(=O)Nc2ccc(C(F)(F)F)cc2)c2cccc(Br)c2)cc1. The fourth-order valence-electron chi connectivity index (χ4n) is 2.86. The van der Waals surface area contributed by atoms with E-state index in [1.807, 2.05) is 6.92 Å². The number of amides is 1. The second kappa shape index (κ2) is 9.33. The van der Waals surface area contributed by atoms with Gasteiger partial charge in [0.1, 0.15) is 6.54 Å². The van der Waals surface area contributed by atoms with Gasteiger partial charge in [0.05, 0.1) is 16.1 Å². The zero-order valence-electron chi connectivity index (χ0n) is 16.7. The molecule has 3 aromatic carbocycles. The highest BCUT2D eigenvalue weighted by molar-refractivity contribution is 9.10. The number of benzene rings is 3. The lowest BCUT2D eigenvalue weighted by molar-refractivity contribution is -0.137. The molecule has 32 heavy (non-hydrogen) atoms. The van der Waals surface area contributed by atoms with Crippen LogP contribution in [-0.2, 0) is 21.0 Å². The number of hydrogen-bond acceptors (Lipinski definition) is 3. The van der Waals surface area contributed by atoms with E-state index in [1.165, 1.54) is 12.1 Å². The fraction of sp³-hybridized carbons (Fsp3) is 0.136. The molecule has 1 N–H and O–H groups in total. The molecule has 0 aliphatic carbocycles. The van der Waals surface area contributed by atoms with Crippen molar-refractivity contribution < 1.29 is 26.4 Å². The molecule has 0 fully saturated rings. The Morgan fingerprint density at radius 1 is 1.00 bits per heavy atom. The minimum absolute atomic E-state index is 0.00501. The summed E-state index contributed by atoms with van der Waals surface area (Å²) < 4.78 is 66.3. The first kappa shape index (κ1) is 23.8. The summed E-state index contributed by atoms with van der Waals surface area (Å²) in [5.74, 6) is -0.708. The van der Waals surface area contributed by atoms with Crippen molar-refractivity contribution in [2.24, 2.45) is 0 Å². The Bertz CT molecular complexity index is 1210. The van der Waals surface area contributed by atoms with Crippen LogP contribution in [0.4, 0.5) is 24.5 Å². The first-order valence-corrected chi connectivity index (χ1v) is 11.5. The quantitative estimate of drug-likeness (QED) is 0.453. The highest BCUT2D eigenvalue weighted by Crippen LogP contribution is 2.30. The molecule has 0 spiro atoms. The highest BCUT2D eigenvalue weighted by atomic mass is 79.9. The van der Waals surface area contributed by atoms with Crippen LogP contribution in [0.15, 0.2) is 82.2 Å². The standard InChI is InChI=1S/C22H18BrF3N2O3S/c1-15-5-11-20(12-6-15)32(30,31)28(19-4-2-3-17(23)13-19)14-21(29)27-18-9-7-16(8-10-18)22(24,25)26/h2-13H,14H2,1H3,(H,27,29). The molecule has 3 rings (SSSR count). The van der Waals surface area contributed by atoms with Crippen molar-refractivity contribution in [1.82, 2.24) is 0 Å². The summed E-state index contributed by atoms with van der Waals surface area (Å²) in [6.07, 6.45) is -4.50. The first-order valence-electron chi connectivity index (χ1n) is 9.29. The van der Waals surface area contributed by atoms with E-state index in [0.717, 1.165) is 34.1 Å². The van der Waals surface area contributed by atoms with E-state index >= 15 is 0 Å². The molecule has 10 heteroatoms. The van der Waals surface area contributed by atoms with Crippen LogP contribution in [0.3, 0.4) is 0 Å². The van der Waals surface area contributed by atoms with Crippen LogP contribution in [0.2, 0.25) is 0 Å². The van der Waals surface area contributed by atoms with Gasteiger partial charge in [0.25, 0.3) is 10.0 Å². The monoisotopic (exact) mass is 526 g/mol. The molecule has 168 valence electrons. The topological polar surface area (TPSA) is 66.5 Å². The van der Waals surface area contributed by atoms with Gasteiger partial charge in [0, 0.05) is 10.2 Å². The molecule has 0 saturated heterocycles. The van der Waals surface area contributed by atoms with Crippen LogP contribution in [0, 0.1) is 6.92 Å². The molecule has 0 unspecified atom stereocenters. The number of carbonyl (C=O) groups is 1. The molecule has 0 radical (unpaired) electrons. The maximum atomic E-state index is 13.3.